The molecule has 0 aliphatic heterocycles. The molecule has 10 heteroatoms. The molecule has 3 N–H and O–H groups in total. The largest absolute Gasteiger partial charge is 0.353 e. The number of halogens is 1. The van der Waals surface area contributed by atoms with Crippen molar-refractivity contribution in [2.75, 3.05) is 6.26 Å². The zero-order valence-corrected chi connectivity index (χ0v) is 20.5. The van der Waals surface area contributed by atoms with Crippen LogP contribution in [0.15, 0.2) is 79.1 Å². The molecule has 6 aromatic rings. The molecular formula is C27H21FN6O2S. The van der Waals surface area contributed by atoms with Crippen molar-refractivity contribution in [1.82, 2.24) is 29.9 Å². The predicted molar refractivity (Wildman–Crippen MR) is 141 cm³/mol. The minimum absolute atomic E-state index is 0.00383. The lowest BCUT2D eigenvalue weighted by Crippen LogP contribution is -2.21. The van der Waals surface area contributed by atoms with Crippen molar-refractivity contribution in [1.29, 1.82) is 0 Å². The van der Waals surface area contributed by atoms with Gasteiger partial charge >= 0.3 is 0 Å². The Morgan fingerprint density at radius 1 is 0.919 bits per heavy atom. The molecule has 0 saturated heterocycles. The molecule has 184 valence electrons. The number of H-pyrrole nitrogens is 2. The predicted octanol–water partition coefficient (Wildman–Crippen LogP) is 5.02. The smallest absolute Gasteiger partial charge is 0.209 e. The number of rotatable bonds is 6. The zero-order chi connectivity index (χ0) is 25.6. The highest BCUT2D eigenvalue weighted by atomic mass is 32.2. The number of hydrogen-bond donors (Lipinski definition) is 3. The van der Waals surface area contributed by atoms with Crippen molar-refractivity contribution >= 4 is 31.8 Å². The SMILES string of the molecule is CS(=O)(=O)NCc1cc(F)cc(-c2cccc3[nH]c(-c4n[nH]c5cnc(-c6ccccn6)cc45)cc23)c1. The quantitative estimate of drug-likeness (QED) is 0.290. The van der Waals surface area contributed by atoms with Gasteiger partial charge in [-0.1, -0.05) is 18.2 Å². The summed E-state index contributed by atoms with van der Waals surface area (Å²) in [7, 11) is -3.40. The zero-order valence-electron chi connectivity index (χ0n) is 19.7. The molecule has 4 aromatic heterocycles. The number of aromatic amines is 2. The summed E-state index contributed by atoms with van der Waals surface area (Å²) in [6.45, 7) is 0.00383. The summed E-state index contributed by atoms with van der Waals surface area (Å²) in [4.78, 5) is 12.3. The van der Waals surface area contributed by atoms with Gasteiger partial charge in [-0.2, -0.15) is 5.10 Å². The van der Waals surface area contributed by atoms with E-state index in [0.29, 0.717) is 11.1 Å². The minimum atomic E-state index is -3.40. The van der Waals surface area contributed by atoms with Crippen LogP contribution in [0.25, 0.3) is 55.7 Å². The maximum atomic E-state index is 14.5. The number of aromatic nitrogens is 5. The number of nitrogens with zero attached hydrogens (tertiary/aromatic N) is 3. The first kappa shape index (κ1) is 23.0. The summed E-state index contributed by atoms with van der Waals surface area (Å²) < 4.78 is 39.9. The lowest BCUT2D eigenvalue weighted by atomic mass is 9.99. The van der Waals surface area contributed by atoms with E-state index in [4.69, 9.17) is 0 Å². The van der Waals surface area contributed by atoms with Gasteiger partial charge in [-0.15, -0.1) is 0 Å². The molecule has 0 unspecified atom stereocenters. The highest BCUT2D eigenvalue weighted by molar-refractivity contribution is 7.88. The Labute approximate surface area is 211 Å². The number of nitrogens with one attached hydrogen (secondary N) is 3. The molecule has 37 heavy (non-hydrogen) atoms. The van der Waals surface area contributed by atoms with Gasteiger partial charge in [0.2, 0.25) is 10.0 Å². The van der Waals surface area contributed by atoms with E-state index in [1.54, 1.807) is 18.5 Å². The third-order valence-electron chi connectivity index (χ3n) is 6.10. The summed E-state index contributed by atoms with van der Waals surface area (Å²) in [6.07, 6.45) is 4.54. The van der Waals surface area contributed by atoms with Crippen LogP contribution in [0.3, 0.4) is 0 Å². The number of fused-ring (bicyclic) bond motifs is 2. The number of benzene rings is 2. The second-order valence-electron chi connectivity index (χ2n) is 8.79. The molecule has 0 saturated carbocycles. The highest BCUT2D eigenvalue weighted by Crippen LogP contribution is 2.35. The van der Waals surface area contributed by atoms with E-state index >= 15 is 0 Å². The third-order valence-corrected chi connectivity index (χ3v) is 6.77. The molecular weight excluding hydrogens is 491 g/mol. The van der Waals surface area contributed by atoms with E-state index in [2.05, 4.69) is 29.9 Å². The van der Waals surface area contributed by atoms with Crippen LogP contribution in [0.5, 0.6) is 0 Å². The number of hydrogen-bond acceptors (Lipinski definition) is 5. The first-order valence-electron chi connectivity index (χ1n) is 11.5. The van der Waals surface area contributed by atoms with Crippen LogP contribution in [0.4, 0.5) is 4.39 Å². The van der Waals surface area contributed by atoms with Crippen molar-refractivity contribution in [3.8, 4) is 33.9 Å². The molecule has 0 aliphatic carbocycles. The van der Waals surface area contributed by atoms with Crippen molar-refractivity contribution in [2.45, 2.75) is 6.54 Å². The van der Waals surface area contributed by atoms with Crippen LogP contribution in [0.2, 0.25) is 0 Å². The first-order chi connectivity index (χ1) is 17.8. The molecule has 4 heterocycles. The lowest BCUT2D eigenvalue weighted by Gasteiger charge is -2.08. The van der Waals surface area contributed by atoms with E-state index in [9.17, 15) is 12.8 Å². The average Bonchev–Trinajstić information content (AvgIpc) is 3.51. The van der Waals surface area contributed by atoms with Crippen molar-refractivity contribution < 1.29 is 12.8 Å². The van der Waals surface area contributed by atoms with Gasteiger partial charge < -0.3 is 4.98 Å². The first-order valence-corrected chi connectivity index (χ1v) is 13.4. The Hall–Kier alpha value is -4.41. The fourth-order valence-corrected chi connectivity index (χ4v) is 4.86. The van der Waals surface area contributed by atoms with E-state index in [-0.39, 0.29) is 6.54 Å². The second-order valence-corrected chi connectivity index (χ2v) is 10.6. The molecule has 0 radical (unpaired) electrons. The molecule has 2 aromatic carbocycles. The lowest BCUT2D eigenvalue weighted by molar-refractivity contribution is 0.586. The van der Waals surface area contributed by atoms with Crippen LogP contribution in [0, 0.1) is 5.82 Å². The highest BCUT2D eigenvalue weighted by Gasteiger charge is 2.16. The maximum absolute atomic E-state index is 14.5. The standard InChI is InChI=1S/C27H21FN6O2S/c1-37(35,36)31-14-16-9-17(11-18(28)10-16)19-5-4-7-22-20(19)12-25(32-22)27-21-13-24(23-6-2-3-8-29-23)30-15-26(21)33-34-27/h2-13,15,31-32H,14H2,1H3,(H,33,34). The topological polar surface area (TPSA) is 116 Å². The summed E-state index contributed by atoms with van der Waals surface area (Å²) in [5.41, 5.74) is 6.68. The van der Waals surface area contributed by atoms with E-state index in [1.165, 1.54) is 12.1 Å². The van der Waals surface area contributed by atoms with Crippen LogP contribution in [-0.4, -0.2) is 39.8 Å². The molecule has 0 atom stereocenters. The summed E-state index contributed by atoms with van der Waals surface area (Å²) >= 11 is 0. The summed E-state index contributed by atoms with van der Waals surface area (Å²) in [6, 6.07) is 19.9. The molecule has 0 spiro atoms. The number of sulfonamides is 1. The molecule has 6 rings (SSSR count). The molecule has 8 nitrogen and oxygen atoms in total. The van der Waals surface area contributed by atoms with Gasteiger partial charge in [0.1, 0.15) is 11.5 Å². The van der Waals surface area contributed by atoms with Gasteiger partial charge in [0.05, 0.1) is 35.1 Å². The van der Waals surface area contributed by atoms with Gasteiger partial charge in [0, 0.05) is 29.0 Å². The maximum Gasteiger partial charge on any atom is 0.209 e. The molecule has 0 amide bonds. The van der Waals surface area contributed by atoms with E-state index < -0.39 is 15.8 Å². The number of pyridine rings is 2. The van der Waals surface area contributed by atoms with E-state index in [0.717, 1.165) is 56.4 Å². The van der Waals surface area contributed by atoms with E-state index in [1.807, 2.05) is 48.5 Å². The van der Waals surface area contributed by atoms with Crippen LogP contribution < -0.4 is 4.72 Å². The van der Waals surface area contributed by atoms with Crippen LogP contribution in [-0.2, 0) is 16.6 Å². The Morgan fingerprint density at radius 2 is 1.81 bits per heavy atom. The van der Waals surface area contributed by atoms with Gasteiger partial charge in [-0.05, 0) is 65.2 Å². The Balaban J connectivity index is 1.44. The van der Waals surface area contributed by atoms with Crippen LogP contribution in [0.1, 0.15) is 5.56 Å². The second kappa shape index (κ2) is 8.91. The monoisotopic (exact) mass is 512 g/mol. The third kappa shape index (κ3) is 4.59. The summed E-state index contributed by atoms with van der Waals surface area (Å²) in [5, 5.41) is 9.35. The minimum Gasteiger partial charge on any atom is -0.353 e. The van der Waals surface area contributed by atoms with Crippen molar-refractivity contribution in [2.24, 2.45) is 0 Å². The normalized spacial score (nSPS) is 11.9. The molecule has 0 aliphatic rings. The van der Waals surface area contributed by atoms with Crippen LogP contribution >= 0.6 is 0 Å². The summed E-state index contributed by atoms with van der Waals surface area (Å²) in [5.74, 6) is -0.441. The van der Waals surface area contributed by atoms with Crippen molar-refractivity contribution in [3.05, 3.63) is 90.5 Å². The fourth-order valence-electron chi connectivity index (χ4n) is 4.43. The average molecular weight is 513 g/mol. The van der Waals surface area contributed by atoms with Gasteiger partial charge in [-0.3, -0.25) is 15.1 Å². The molecule has 0 fully saturated rings. The van der Waals surface area contributed by atoms with Crippen molar-refractivity contribution in [3.63, 3.8) is 0 Å². The van der Waals surface area contributed by atoms with Gasteiger partial charge in [0.25, 0.3) is 0 Å². The van der Waals surface area contributed by atoms with Gasteiger partial charge in [0.15, 0.2) is 0 Å². The fraction of sp³-hybridized carbons (Fsp3) is 0.0741. The molecule has 0 bridgehead atoms. The Bertz CT molecular complexity index is 1880. The van der Waals surface area contributed by atoms with Gasteiger partial charge in [-0.25, -0.2) is 17.5 Å². The Morgan fingerprint density at radius 3 is 2.62 bits per heavy atom. The Kier molecular flexibility index (Phi) is 5.54.